The van der Waals surface area contributed by atoms with Crippen LogP contribution >= 0.6 is 0 Å². The molecule has 0 aliphatic carbocycles. The Bertz CT molecular complexity index is 251. The zero-order valence-electron chi connectivity index (χ0n) is 15.0. The molecule has 0 aromatic heterocycles. The quantitative estimate of drug-likeness (QED) is 0.545. The minimum absolute atomic E-state index is 0.151. The fourth-order valence-electron chi connectivity index (χ4n) is 2.79. The van der Waals surface area contributed by atoms with Crippen molar-refractivity contribution in [1.82, 2.24) is 10.6 Å². The van der Waals surface area contributed by atoms with Gasteiger partial charge in [0.25, 0.3) is 0 Å². The van der Waals surface area contributed by atoms with Gasteiger partial charge in [0.1, 0.15) is 0 Å². The molecular weight excluding hydrogens is 246 g/mol. The van der Waals surface area contributed by atoms with Crippen LogP contribution in [0, 0.1) is 0 Å². The molecule has 4 unspecified atom stereocenters. The lowest BCUT2D eigenvalue weighted by Gasteiger charge is -2.39. The molecule has 3 nitrogen and oxygen atoms in total. The van der Waals surface area contributed by atoms with Crippen molar-refractivity contribution in [1.29, 1.82) is 0 Å². The molecule has 0 radical (unpaired) electrons. The van der Waals surface area contributed by atoms with E-state index in [1.54, 1.807) is 0 Å². The van der Waals surface area contributed by atoms with Crippen LogP contribution in [0.3, 0.4) is 0 Å². The van der Waals surface area contributed by atoms with Crippen LogP contribution in [-0.4, -0.2) is 30.2 Å². The van der Waals surface area contributed by atoms with Gasteiger partial charge in [-0.05, 0) is 59.4 Å². The lowest BCUT2D eigenvalue weighted by Crippen LogP contribution is -2.54. The molecule has 0 aliphatic rings. The second kappa shape index (κ2) is 9.01. The van der Waals surface area contributed by atoms with Crippen molar-refractivity contribution in [2.45, 2.75) is 103 Å². The Labute approximate surface area is 127 Å². The molecule has 0 heterocycles. The highest BCUT2D eigenvalue weighted by molar-refractivity contribution is 4.92. The van der Waals surface area contributed by atoms with Crippen LogP contribution < -0.4 is 16.4 Å². The van der Waals surface area contributed by atoms with Crippen LogP contribution in [0.25, 0.3) is 0 Å². The van der Waals surface area contributed by atoms with E-state index in [0.717, 1.165) is 38.5 Å². The molecule has 0 spiro atoms. The first-order valence-corrected chi connectivity index (χ1v) is 8.50. The molecule has 4 N–H and O–H groups in total. The molecule has 0 saturated heterocycles. The van der Waals surface area contributed by atoms with Gasteiger partial charge < -0.3 is 16.4 Å². The second-order valence-electron chi connectivity index (χ2n) is 6.90. The summed E-state index contributed by atoms with van der Waals surface area (Å²) < 4.78 is 0. The molecule has 0 bridgehead atoms. The van der Waals surface area contributed by atoms with Crippen LogP contribution in [0.5, 0.6) is 0 Å². The first kappa shape index (κ1) is 19.9. The topological polar surface area (TPSA) is 50.1 Å². The van der Waals surface area contributed by atoms with Gasteiger partial charge in [0.05, 0.1) is 0 Å². The Morgan fingerprint density at radius 2 is 1.45 bits per heavy atom. The fraction of sp³-hybridized carbons (Fsp3) is 1.00. The van der Waals surface area contributed by atoms with Gasteiger partial charge in [0.15, 0.2) is 0 Å². The molecular formula is C17H39N3. The lowest BCUT2D eigenvalue weighted by molar-refractivity contribution is 0.214. The molecule has 4 atom stereocenters. The van der Waals surface area contributed by atoms with Gasteiger partial charge in [0, 0.05) is 23.2 Å². The van der Waals surface area contributed by atoms with Crippen molar-refractivity contribution in [2.24, 2.45) is 5.73 Å². The Morgan fingerprint density at radius 1 is 0.900 bits per heavy atom. The molecule has 0 saturated carbocycles. The third-order valence-electron chi connectivity index (χ3n) is 5.14. The fourth-order valence-corrected chi connectivity index (χ4v) is 2.79. The summed E-state index contributed by atoms with van der Waals surface area (Å²) in [6.07, 6.45) is 6.70. The number of hydrogen-bond acceptors (Lipinski definition) is 3. The van der Waals surface area contributed by atoms with Crippen LogP contribution in [0.2, 0.25) is 0 Å². The van der Waals surface area contributed by atoms with E-state index in [4.69, 9.17) is 5.73 Å². The predicted octanol–water partition coefficient (Wildman–Crippen LogP) is 3.43. The van der Waals surface area contributed by atoms with E-state index < -0.39 is 0 Å². The smallest absolute Gasteiger partial charge is 0.0168 e. The van der Waals surface area contributed by atoms with E-state index in [-0.39, 0.29) is 11.1 Å². The first-order chi connectivity index (χ1) is 9.28. The normalized spacial score (nSPS) is 21.0. The van der Waals surface area contributed by atoms with E-state index in [9.17, 15) is 0 Å². The summed E-state index contributed by atoms with van der Waals surface area (Å²) in [4.78, 5) is 0. The largest absolute Gasteiger partial charge is 0.328 e. The SMILES string of the molecule is CCC(N)CC(C)(CC)NC(CC)CC(C)(CC)NC. The molecule has 0 amide bonds. The molecule has 0 aromatic rings. The molecule has 0 rings (SSSR count). The molecule has 3 heteroatoms. The molecule has 0 fully saturated rings. The Balaban J connectivity index is 4.73. The van der Waals surface area contributed by atoms with Crippen LogP contribution in [0.1, 0.15) is 80.1 Å². The molecule has 122 valence electrons. The maximum atomic E-state index is 6.18. The summed E-state index contributed by atoms with van der Waals surface area (Å²) in [7, 11) is 2.07. The van der Waals surface area contributed by atoms with Crippen molar-refractivity contribution in [3.8, 4) is 0 Å². The minimum Gasteiger partial charge on any atom is -0.328 e. The Kier molecular flexibility index (Phi) is 8.96. The van der Waals surface area contributed by atoms with Gasteiger partial charge in [0.2, 0.25) is 0 Å². The zero-order chi connectivity index (χ0) is 15.8. The highest BCUT2D eigenvalue weighted by Crippen LogP contribution is 2.23. The first-order valence-electron chi connectivity index (χ1n) is 8.50. The van der Waals surface area contributed by atoms with Gasteiger partial charge >= 0.3 is 0 Å². The number of nitrogens with two attached hydrogens (primary N) is 1. The average molecular weight is 286 g/mol. The monoisotopic (exact) mass is 285 g/mol. The van der Waals surface area contributed by atoms with Crippen LogP contribution in [0.4, 0.5) is 0 Å². The van der Waals surface area contributed by atoms with Crippen molar-refractivity contribution < 1.29 is 0 Å². The standard InChI is InChI=1S/C17H39N3/c1-8-14(18)12-17(6,11-4)20-15(9-2)13-16(5,10-3)19-7/h14-15,19-20H,8-13,18H2,1-7H3. The predicted molar refractivity (Wildman–Crippen MR) is 91.2 cm³/mol. The lowest BCUT2D eigenvalue weighted by atomic mass is 9.85. The summed E-state index contributed by atoms with van der Waals surface area (Å²) in [5.74, 6) is 0. The Morgan fingerprint density at radius 3 is 1.80 bits per heavy atom. The van der Waals surface area contributed by atoms with E-state index in [1.165, 1.54) is 0 Å². The molecule has 20 heavy (non-hydrogen) atoms. The van der Waals surface area contributed by atoms with E-state index in [1.807, 2.05) is 0 Å². The van der Waals surface area contributed by atoms with Crippen LogP contribution in [-0.2, 0) is 0 Å². The second-order valence-corrected chi connectivity index (χ2v) is 6.90. The highest BCUT2D eigenvalue weighted by atomic mass is 15.0. The third-order valence-corrected chi connectivity index (χ3v) is 5.14. The van der Waals surface area contributed by atoms with E-state index >= 15 is 0 Å². The third kappa shape index (κ3) is 6.55. The van der Waals surface area contributed by atoms with Gasteiger partial charge in [-0.1, -0.05) is 27.7 Å². The minimum atomic E-state index is 0.151. The van der Waals surface area contributed by atoms with Crippen molar-refractivity contribution >= 4 is 0 Å². The molecule has 0 aromatic carbocycles. The summed E-state index contributed by atoms with van der Waals surface area (Å²) >= 11 is 0. The highest BCUT2D eigenvalue weighted by Gasteiger charge is 2.30. The van der Waals surface area contributed by atoms with Crippen molar-refractivity contribution in [2.75, 3.05) is 7.05 Å². The number of rotatable bonds is 11. The summed E-state index contributed by atoms with van der Waals surface area (Å²) in [6.45, 7) is 13.6. The van der Waals surface area contributed by atoms with Crippen molar-refractivity contribution in [3.05, 3.63) is 0 Å². The van der Waals surface area contributed by atoms with Crippen LogP contribution in [0.15, 0.2) is 0 Å². The van der Waals surface area contributed by atoms with Crippen molar-refractivity contribution in [3.63, 3.8) is 0 Å². The average Bonchev–Trinajstić information content (AvgIpc) is 2.46. The molecule has 0 aliphatic heterocycles. The number of hydrogen-bond donors (Lipinski definition) is 3. The van der Waals surface area contributed by atoms with Gasteiger partial charge in [-0.15, -0.1) is 0 Å². The van der Waals surface area contributed by atoms with E-state index in [2.05, 4.69) is 59.2 Å². The number of nitrogens with one attached hydrogen (secondary N) is 2. The summed E-state index contributed by atoms with van der Waals surface area (Å²) in [5, 5.41) is 7.38. The Hall–Kier alpha value is -0.120. The summed E-state index contributed by atoms with van der Waals surface area (Å²) in [6, 6.07) is 0.841. The maximum Gasteiger partial charge on any atom is 0.0168 e. The maximum absolute atomic E-state index is 6.18. The van der Waals surface area contributed by atoms with E-state index in [0.29, 0.717) is 12.1 Å². The van der Waals surface area contributed by atoms with Gasteiger partial charge in [-0.3, -0.25) is 0 Å². The van der Waals surface area contributed by atoms with Gasteiger partial charge in [-0.2, -0.15) is 0 Å². The summed E-state index contributed by atoms with van der Waals surface area (Å²) in [5.41, 5.74) is 6.55. The zero-order valence-corrected chi connectivity index (χ0v) is 15.0. The van der Waals surface area contributed by atoms with Gasteiger partial charge in [-0.25, -0.2) is 0 Å².